The van der Waals surface area contributed by atoms with Gasteiger partial charge in [0.15, 0.2) is 0 Å². The van der Waals surface area contributed by atoms with Crippen molar-refractivity contribution in [2.75, 3.05) is 0 Å². The molecule has 0 saturated heterocycles. The number of hydrogen-bond acceptors (Lipinski definition) is 2. The first kappa shape index (κ1) is 17.1. The number of nitrogens with one attached hydrogen (secondary N) is 1. The van der Waals surface area contributed by atoms with E-state index in [0.717, 1.165) is 29.5 Å². The van der Waals surface area contributed by atoms with Gasteiger partial charge in [0, 0.05) is 5.56 Å². The molecule has 1 aliphatic rings. The van der Waals surface area contributed by atoms with Crippen molar-refractivity contribution in [2.24, 2.45) is 5.73 Å². The van der Waals surface area contributed by atoms with Gasteiger partial charge in [-0.15, -0.1) is 0 Å². The lowest BCUT2D eigenvalue weighted by Crippen LogP contribution is -2.55. The van der Waals surface area contributed by atoms with Gasteiger partial charge in [-0.25, -0.2) is 4.39 Å². The molecular weight excluding hydrogens is 319 g/mol. The second-order valence-electron chi connectivity index (χ2n) is 6.64. The highest BCUT2D eigenvalue weighted by Gasteiger charge is 2.40. The van der Waals surface area contributed by atoms with Crippen LogP contribution in [0.2, 0.25) is 0 Å². The summed E-state index contributed by atoms with van der Waals surface area (Å²) < 4.78 is 13.2. The number of carbonyl (C=O) groups is 2. The van der Waals surface area contributed by atoms with Gasteiger partial charge in [-0.3, -0.25) is 9.59 Å². The third-order valence-electron chi connectivity index (χ3n) is 4.93. The molecule has 2 aromatic carbocycles. The van der Waals surface area contributed by atoms with E-state index in [1.54, 1.807) is 18.2 Å². The average Bonchev–Trinajstić information content (AvgIpc) is 3.05. The molecule has 0 aliphatic heterocycles. The van der Waals surface area contributed by atoms with Crippen LogP contribution in [-0.2, 0) is 4.79 Å². The fourth-order valence-electron chi connectivity index (χ4n) is 3.45. The van der Waals surface area contributed by atoms with E-state index >= 15 is 0 Å². The Morgan fingerprint density at radius 1 is 1.08 bits per heavy atom. The maximum absolute atomic E-state index is 13.2. The molecule has 5 heteroatoms. The second-order valence-corrected chi connectivity index (χ2v) is 6.64. The highest BCUT2D eigenvalue weighted by atomic mass is 19.1. The zero-order valence-corrected chi connectivity index (χ0v) is 14.1. The van der Waals surface area contributed by atoms with Crippen LogP contribution in [0.1, 0.15) is 41.6 Å². The minimum Gasteiger partial charge on any atom is -0.368 e. The van der Waals surface area contributed by atoms with Gasteiger partial charge in [0.1, 0.15) is 11.4 Å². The van der Waals surface area contributed by atoms with Gasteiger partial charge in [-0.05, 0) is 60.7 Å². The third-order valence-corrected chi connectivity index (χ3v) is 4.93. The molecule has 0 spiro atoms. The van der Waals surface area contributed by atoms with Crippen molar-refractivity contribution in [2.45, 2.75) is 38.1 Å². The first-order chi connectivity index (χ1) is 11.9. The fourth-order valence-corrected chi connectivity index (χ4v) is 3.45. The summed E-state index contributed by atoms with van der Waals surface area (Å²) in [7, 11) is 0. The molecule has 1 aliphatic carbocycles. The largest absolute Gasteiger partial charge is 0.368 e. The minimum absolute atomic E-state index is 0.273. The Kier molecular flexibility index (Phi) is 4.57. The van der Waals surface area contributed by atoms with Gasteiger partial charge in [0.2, 0.25) is 5.91 Å². The van der Waals surface area contributed by atoms with Gasteiger partial charge in [-0.2, -0.15) is 0 Å². The molecule has 1 saturated carbocycles. The molecule has 25 heavy (non-hydrogen) atoms. The summed E-state index contributed by atoms with van der Waals surface area (Å²) in [6.45, 7) is 1.84. The SMILES string of the molecule is Cc1cc(F)ccc1-c1ccc(C(=O)NC2(C(N)=O)CCCC2)cc1. The number of aryl methyl sites for hydroxylation is 1. The van der Waals surface area contributed by atoms with Crippen LogP contribution >= 0.6 is 0 Å². The number of carbonyl (C=O) groups excluding carboxylic acids is 2. The third kappa shape index (κ3) is 3.40. The highest BCUT2D eigenvalue weighted by molar-refractivity contribution is 5.99. The van der Waals surface area contributed by atoms with Crippen LogP contribution in [0.25, 0.3) is 11.1 Å². The maximum atomic E-state index is 13.2. The summed E-state index contributed by atoms with van der Waals surface area (Å²) in [6, 6.07) is 11.7. The molecule has 0 aromatic heterocycles. The van der Waals surface area contributed by atoms with E-state index in [2.05, 4.69) is 5.32 Å². The predicted octanol–water partition coefficient (Wildman–Crippen LogP) is 3.33. The molecule has 2 aromatic rings. The number of amides is 2. The zero-order chi connectivity index (χ0) is 18.0. The quantitative estimate of drug-likeness (QED) is 0.896. The van der Waals surface area contributed by atoms with Crippen LogP contribution in [0, 0.1) is 12.7 Å². The molecule has 0 bridgehead atoms. The molecule has 4 nitrogen and oxygen atoms in total. The molecule has 2 amide bonds. The van der Waals surface area contributed by atoms with Crippen molar-refractivity contribution in [1.82, 2.24) is 5.32 Å². The van der Waals surface area contributed by atoms with Crippen molar-refractivity contribution in [1.29, 1.82) is 0 Å². The fraction of sp³-hybridized carbons (Fsp3) is 0.300. The number of hydrogen-bond donors (Lipinski definition) is 2. The lowest BCUT2D eigenvalue weighted by atomic mass is 9.95. The second kappa shape index (κ2) is 6.67. The number of primary amides is 1. The van der Waals surface area contributed by atoms with Crippen LogP contribution in [-0.4, -0.2) is 17.4 Å². The number of halogens is 1. The highest BCUT2D eigenvalue weighted by Crippen LogP contribution is 2.30. The Morgan fingerprint density at radius 3 is 2.28 bits per heavy atom. The molecule has 3 rings (SSSR count). The Morgan fingerprint density at radius 2 is 1.72 bits per heavy atom. The molecule has 130 valence electrons. The number of nitrogens with two attached hydrogens (primary N) is 1. The summed E-state index contributed by atoms with van der Waals surface area (Å²) in [5.74, 6) is -1.05. The summed E-state index contributed by atoms with van der Waals surface area (Å²) >= 11 is 0. The monoisotopic (exact) mass is 340 g/mol. The summed E-state index contributed by atoms with van der Waals surface area (Å²) in [6.07, 6.45) is 2.93. The van der Waals surface area contributed by atoms with Crippen LogP contribution in [0.15, 0.2) is 42.5 Å². The van der Waals surface area contributed by atoms with Gasteiger partial charge in [-0.1, -0.05) is 31.0 Å². The molecular formula is C20H21FN2O2. The Bertz CT molecular complexity index is 809. The van der Waals surface area contributed by atoms with Crippen molar-refractivity contribution < 1.29 is 14.0 Å². The Balaban J connectivity index is 1.80. The molecule has 0 atom stereocenters. The molecule has 0 heterocycles. The van der Waals surface area contributed by atoms with Crippen molar-refractivity contribution in [3.8, 4) is 11.1 Å². The van der Waals surface area contributed by atoms with Crippen molar-refractivity contribution >= 4 is 11.8 Å². The van der Waals surface area contributed by atoms with E-state index in [-0.39, 0.29) is 11.7 Å². The number of rotatable bonds is 4. The smallest absolute Gasteiger partial charge is 0.252 e. The van der Waals surface area contributed by atoms with Crippen LogP contribution in [0.4, 0.5) is 4.39 Å². The predicted molar refractivity (Wildman–Crippen MR) is 94.4 cm³/mol. The molecule has 0 radical (unpaired) electrons. The maximum Gasteiger partial charge on any atom is 0.252 e. The minimum atomic E-state index is -0.927. The van der Waals surface area contributed by atoms with Gasteiger partial charge < -0.3 is 11.1 Å². The van der Waals surface area contributed by atoms with Crippen LogP contribution in [0.5, 0.6) is 0 Å². The molecule has 0 unspecified atom stereocenters. The average molecular weight is 340 g/mol. The van der Waals surface area contributed by atoms with E-state index in [9.17, 15) is 14.0 Å². The lowest BCUT2D eigenvalue weighted by Gasteiger charge is -2.26. The van der Waals surface area contributed by atoms with Crippen molar-refractivity contribution in [3.63, 3.8) is 0 Å². The van der Waals surface area contributed by atoms with Gasteiger partial charge >= 0.3 is 0 Å². The number of benzene rings is 2. The van der Waals surface area contributed by atoms with E-state index in [0.29, 0.717) is 18.4 Å². The van der Waals surface area contributed by atoms with Crippen LogP contribution in [0.3, 0.4) is 0 Å². The van der Waals surface area contributed by atoms with E-state index in [1.807, 2.05) is 19.1 Å². The summed E-state index contributed by atoms with van der Waals surface area (Å²) in [5.41, 5.74) is 7.69. The van der Waals surface area contributed by atoms with Gasteiger partial charge in [0.25, 0.3) is 5.91 Å². The standard InChI is InChI=1S/C20H21FN2O2/c1-13-12-16(21)8-9-17(13)14-4-6-15(7-5-14)18(24)23-20(19(22)25)10-2-3-11-20/h4-9,12H,2-3,10-11H2,1H3,(H2,22,25)(H,23,24). The summed E-state index contributed by atoms with van der Waals surface area (Å²) in [5, 5.41) is 2.82. The first-order valence-electron chi connectivity index (χ1n) is 8.40. The van der Waals surface area contributed by atoms with E-state index in [4.69, 9.17) is 5.73 Å². The lowest BCUT2D eigenvalue weighted by molar-refractivity contribution is -0.123. The van der Waals surface area contributed by atoms with E-state index < -0.39 is 11.4 Å². The molecule has 1 fully saturated rings. The normalized spacial score (nSPS) is 15.8. The van der Waals surface area contributed by atoms with Gasteiger partial charge in [0.05, 0.1) is 0 Å². The Hall–Kier alpha value is -2.69. The van der Waals surface area contributed by atoms with E-state index in [1.165, 1.54) is 12.1 Å². The summed E-state index contributed by atoms with van der Waals surface area (Å²) in [4.78, 5) is 24.3. The van der Waals surface area contributed by atoms with Crippen molar-refractivity contribution in [3.05, 3.63) is 59.4 Å². The molecule has 3 N–H and O–H groups in total. The van der Waals surface area contributed by atoms with Crippen LogP contribution < -0.4 is 11.1 Å². The Labute approximate surface area is 146 Å². The topological polar surface area (TPSA) is 72.2 Å². The zero-order valence-electron chi connectivity index (χ0n) is 14.1. The first-order valence-corrected chi connectivity index (χ1v) is 8.40.